The second-order valence-corrected chi connectivity index (χ2v) is 7.06. The van der Waals surface area contributed by atoms with Gasteiger partial charge in [0.2, 0.25) is 5.91 Å². The molecule has 0 spiro atoms. The summed E-state index contributed by atoms with van der Waals surface area (Å²) in [6.45, 7) is 0.503. The molecule has 4 nitrogen and oxygen atoms in total. The fraction of sp³-hybridized carbons (Fsp3) is 0.190. The number of nitrogens with zero attached hydrogens (tertiary/aromatic N) is 2. The van der Waals surface area contributed by atoms with Crippen LogP contribution in [0.25, 0.3) is 5.69 Å². The van der Waals surface area contributed by atoms with Gasteiger partial charge in [0.15, 0.2) is 0 Å². The predicted octanol–water partition coefficient (Wildman–Crippen LogP) is 4.45. The molecular weight excluding hydrogens is 392 g/mol. The molecule has 26 heavy (non-hydrogen) atoms. The Balaban J connectivity index is 1.65. The van der Waals surface area contributed by atoms with E-state index in [2.05, 4.69) is 15.9 Å². The van der Waals surface area contributed by atoms with Crippen LogP contribution in [0.1, 0.15) is 11.1 Å². The minimum absolute atomic E-state index is 0.0701. The third-order valence-electron chi connectivity index (χ3n) is 4.27. The summed E-state index contributed by atoms with van der Waals surface area (Å²) >= 11 is 3.47. The molecule has 0 aliphatic heterocycles. The van der Waals surface area contributed by atoms with E-state index in [-0.39, 0.29) is 5.91 Å². The maximum absolute atomic E-state index is 12.6. The average molecular weight is 413 g/mol. The quantitative estimate of drug-likeness (QED) is 0.599. The highest BCUT2D eigenvalue weighted by Gasteiger charge is 2.13. The number of carbonyl (C=O) groups excluding carboxylic acids is 1. The Morgan fingerprint density at radius 1 is 1.12 bits per heavy atom. The Morgan fingerprint density at radius 2 is 1.81 bits per heavy atom. The summed E-state index contributed by atoms with van der Waals surface area (Å²) in [6.07, 6.45) is 4.37. The van der Waals surface area contributed by atoms with Crippen molar-refractivity contribution < 1.29 is 9.53 Å². The Morgan fingerprint density at radius 3 is 2.46 bits per heavy atom. The van der Waals surface area contributed by atoms with Crippen molar-refractivity contribution in [3.63, 3.8) is 0 Å². The van der Waals surface area contributed by atoms with Crippen LogP contribution in [0.5, 0.6) is 5.75 Å². The molecule has 5 heteroatoms. The Bertz CT molecular complexity index is 874. The first-order chi connectivity index (χ1) is 12.6. The van der Waals surface area contributed by atoms with E-state index < -0.39 is 0 Å². The summed E-state index contributed by atoms with van der Waals surface area (Å²) in [5.74, 6) is 0.852. The highest BCUT2D eigenvalue weighted by Crippen LogP contribution is 2.24. The molecule has 0 bridgehead atoms. The van der Waals surface area contributed by atoms with E-state index in [1.165, 1.54) is 0 Å². The number of aromatic nitrogens is 1. The molecule has 2 aromatic carbocycles. The molecule has 0 saturated heterocycles. The normalized spacial score (nSPS) is 10.6. The van der Waals surface area contributed by atoms with Gasteiger partial charge in [-0.2, -0.15) is 0 Å². The summed E-state index contributed by atoms with van der Waals surface area (Å²) in [5, 5.41) is 0. The molecule has 0 radical (unpaired) electrons. The fourth-order valence-electron chi connectivity index (χ4n) is 2.82. The van der Waals surface area contributed by atoms with Crippen LogP contribution >= 0.6 is 15.9 Å². The smallest absolute Gasteiger partial charge is 0.227 e. The maximum Gasteiger partial charge on any atom is 0.227 e. The molecule has 3 rings (SSSR count). The van der Waals surface area contributed by atoms with Crippen LogP contribution in [0.3, 0.4) is 0 Å². The Labute approximate surface area is 162 Å². The van der Waals surface area contributed by atoms with Crippen molar-refractivity contribution in [3.8, 4) is 11.4 Å². The van der Waals surface area contributed by atoms with Gasteiger partial charge in [0.25, 0.3) is 0 Å². The van der Waals surface area contributed by atoms with Crippen LogP contribution in [0.4, 0.5) is 0 Å². The lowest BCUT2D eigenvalue weighted by molar-refractivity contribution is -0.129. The van der Waals surface area contributed by atoms with E-state index in [9.17, 15) is 4.79 Å². The number of hydrogen-bond acceptors (Lipinski definition) is 2. The molecule has 0 atom stereocenters. The van der Waals surface area contributed by atoms with Gasteiger partial charge in [0.1, 0.15) is 5.75 Å². The van der Waals surface area contributed by atoms with Crippen molar-refractivity contribution >= 4 is 21.8 Å². The van der Waals surface area contributed by atoms with Gasteiger partial charge < -0.3 is 14.2 Å². The van der Waals surface area contributed by atoms with Gasteiger partial charge in [-0.05, 0) is 48.0 Å². The van der Waals surface area contributed by atoms with Crippen molar-refractivity contribution in [3.05, 3.63) is 82.6 Å². The Hall–Kier alpha value is -2.53. The fourth-order valence-corrected chi connectivity index (χ4v) is 3.23. The summed E-state index contributed by atoms with van der Waals surface area (Å²) in [4.78, 5) is 14.3. The Kier molecular flexibility index (Phi) is 5.78. The van der Waals surface area contributed by atoms with Crippen LogP contribution in [-0.2, 0) is 17.8 Å². The van der Waals surface area contributed by atoms with Crippen molar-refractivity contribution in [2.45, 2.75) is 13.0 Å². The van der Waals surface area contributed by atoms with Gasteiger partial charge in [0.05, 0.1) is 13.5 Å². The number of methoxy groups -OCH3 is 1. The zero-order valence-corrected chi connectivity index (χ0v) is 16.4. The number of likely N-dealkylation sites (N-methyl/N-ethyl adjacent to an activating group) is 1. The van der Waals surface area contributed by atoms with E-state index in [0.29, 0.717) is 13.0 Å². The molecule has 1 heterocycles. The highest BCUT2D eigenvalue weighted by molar-refractivity contribution is 9.10. The molecule has 0 fully saturated rings. The lowest BCUT2D eigenvalue weighted by Gasteiger charge is -2.19. The van der Waals surface area contributed by atoms with E-state index in [0.717, 1.165) is 27.0 Å². The number of hydrogen-bond donors (Lipinski definition) is 0. The summed E-state index contributed by atoms with van der Waals surface area (Å²) in [5.41, 5.74) is 3.05. The van der Waals surface area contributed by atoms with E-state index in [1.807, 2.05) is 78.6 Å². The number of halogens is 1. The van der Waals surface area contributed by atoms with Gasteiger partial charge in [-0.1, -0.05) is 28.1 Å². The average Bonchev–Trinajstić information content (AvgIpc) is 3.17. The van der Waals surface area contributed by atoms with E-state index in [4.69, 9.17) is 4.74 Å². The van der Waals surface area contributed by atoms with E-state index >= 15 is 0 Å². The van der Waals surface area contributed by atoms with Gasteiger partial charge in [-0.25, -0.2) is 0 Å². The molecule has 0 saturated carbocycles. The van der Waals surface area contributed by atoms with Crippen LogP contribution in [0.2, 0.25) is 0 Å². The van der Waals surface area contributed by atoms with E-state index in [1.54, 1.807) is 12.0 Å². The second kappa shape index (κ2) is 8.23. The minimum Gasteiger partial charge on any atom is -0.496 e. The number of rotatable bonds is 6. The third-order valence-corrected chi connectivity index (χ3v) is 4.76. The maximum atomic E-state index is 12.6. The van der Waals surface area contributed by atoms with Crippen molar-refractivity contribution in [2.24, 2.45) is 0 Å². The monoisotopic (exact) mass is 412 g/mol. The molecule has 1 amide bonds. The largest absolute Gasteiger partial charge is 0.496 e. The third kappa shape index (κ3) is 4.35. The molecule has 0 aliphatic carbocycles. The first kappa shape index (κ1) is 18.3. The minimum atomic E-state index is 0.0701. The highest BCUT2D eigenvalue weighted by atomic mass is 79.9. The van der Waals surface area contributed by atoms with Crippen molar-refractivity contribution in [1.29, 1.82) is 0 Å². The standard InChI is InChI=1S/C21H21BrN2O2/c1-23(15-17-14-18(22)7-10-20(17)26-2)21(25)13-16-5-8-19(9-6-16)24-11-3-4-12-24/h3-12,14H,13,15H2,1-2H3. The molecule has 134 valence electrons. The SMILES string of the molecule is COc1ccc(Br)cc1CN(C)C(=O)Cc1ccc(-n2cccc2)cc1. The lowest BCUT2D eigenvalue weighted by atomic mass is 10.1. The molecule has 1 aromatic heterocycles. The predicted molar refractivity (Wildman–Crippen MR) is 107 cm³/mol. The molecule has 0 unspecified atom stereocenters. The zero-order valence-electron chi connectivity index (χ0n) is 14.9. The number of amides is 1. The first-order valence-electron chi connectivity index (χ1n) is 8.35. The topological polar surface area (TPSA) is 34.5 Å². The lowest BCUT2D eigenvalue weighted by Crippen LogP contribution is -2.27. The molecule has 0 N–H and O–H groups in total. The van der Waals surface area contributed by atoms with Crippen LogP contribution in [0.15, 0.2) is 71.5 Å². The van der Waals surface area contributed by atoms with Crippen LogP contribution < -0.4 is 4.74 Å². The summed E-state index contributed by atoms with van der Waals surface area (Å²) in [6, 6.07) is 17.8. The number of ether oxygens (including phenoxy) is 1. The van der Waals surface area contributed by atoms with Crippen LogP contribution in [0, 0.1) is 0 Å². The summed E-state index contributed by atoms with van der Waals surface area (Å²) < 4.78 is 8.39. The van der Waals surface area contributed by atoms with Gasteiger partial charge >= 0.3 is 0 Å². The molecular formula is C21H21BrN2O2. The second-order valence-electron chi connectivity index (χ2n) is 6.14. The van der Waals surface area contributed by atoms with Crippen molar-refractivity contribution in [1.82, 2.24) is 9.47 Å². The van der Waals surface area contributed by atoms with Gasteiger partial charge in [0, 0.05) is 41.7 Å². The molecule has 0 aliphatic rings. The first-order valence-corrected chi connectivity index (χ1v) is 9.15. The van der Waals surface area contributed by atoms with Crippen molar-refractivity contribution in [2.75, 3.05) is 14.2 Å². The number of carbonyl (C=O) groups is 1. The van der Waals surface area contributed by atoms with Gasteiger partial charge in [-0.15, -0.1) is 0 Å². The zero-order chi connectivity index (χ0) is 18.5. The van der Waals surface area contributed by atoms with Crippen LogP contribution in [-0.4, -0.2) is 29.5 Å². The number of benzene rings is 2. The summed E-state index contributed by atoms with van der Waals surface area (Å²) in [7, 11) is 3.46. The van der Waals surface area contributed by atoms with Gasteiger partial charge in [-0.3, -0.25) is 4.79 Å². The molecule has 3 aromatic rings.